The van der Waals surface area contributed by atoms with Gasteiger partial charge in [0.25, 0.3) is 0 Å². The van der Waals surface area contributed by atoms with Crippen LogP contribution in [0.4, 0.5) is 5.69 Å². The molecule has 116 valence electrons. The molecule has 1 aliphatic rings. The minimum absolute atomic E-state index is 0.648. The van der Waals surface area contributed by atoms with Crippen molar-refractivity contribution in [3.05, 3.63) is 53.6 Å². The topological polar surface area (TPSA) is 6.48 Å². The van der Waals surface area contributed by atoms with Crippen LogP contribution in [-0.2, 0) is 0 Å². The summed E-state index contributed by atoms with van der Waals surface area (Å²) in [6.45, 7) is 9.07. The van der Waals surface area contributed by atoms with Crippen molar-refractivity contribution in [2.24, 2.45) is 0 Å². The maximum Gasteiger partial charge on any atom is 0.0406 e. The number of hydrogen-bond donors (Lipinski definition) is 0. The Morgan fingerprint density at radius 1 is 0.773 bits per heavy atom. The van der Waals surface area contributed by atoms with Crippen molar-refractivity contribution in [1.82, 2.24) is 4.90 Å². The van der Waals surface area contributed by atoms with Crippen molar-refractivity contribution in [1.29, 1.82) is 0 Å². The van der Waals surface area contributed by atoms with Crippen molar-refractivity contribution < 1.29 is 0 Å². The van der Waals surface area contributed by atoms with Gasteiger partial charge < -0.3 is 4.90 Å². The predicted molar refractivity (Wildman–Crippen MR) is 95.8 cm³/mol. The van der Waals surface area contributed by atoms with Gasteiger partial charge in [-0.15, -0.1) is 0 Å². The molecule has 0 bridgehead atoms. The van der Waals surface area contributed by atoms with Gasteiger partial charge in [-0.05, 0) is 49.2 Å². The summed E-state index contributed by atoms with van der Waals surface area (Å²) < 4.78 is 0. The fourth-order valence-corrected chi connectivity index (χ4v) is 3.13. The fourth-order valence-electron chi connectivity index (χ4n) is 3.00. The van der Waals surface area contributed by atoms with Crippen molar-refractivity contribution in [2.75, 3.05) is 31.1 Å². The molecule has 0 spiro atoms. The number of hydrogen-bond acceptors (Lipinski definition) is 2. The van der Waals surface area contributed by atoms with Crippen LogP contribution < -0.4 is 4.90 Å². The number of piperazine rings is 1. The lowest BCUT2D eigenvalue weighted by molar-refractivity contribution is 0.209. The molecule has 0 aliphatic carbocycles. The Bertz CT molecular complexity index is 596. The zero-order valence-electron chi connectivity index (χ0n) is 13.3. The smallest absolute Gasteiger partial charge is 0.0406 e. The molecule has 2 aromatic rings. The number of nitrogens with zero attached hydrogens (tertiary/aromatic N) is 2. The lowest BCUT2D eigenvalue weighted by atomic mass is 10.1. The molecule has 0 amide bonds. The van der Waals surface area contributed by atoms with Gasteiger partial charge in [0.2, 0.25) is 0 Å². The molecule has 0 radical (unpaired) electrons. The molecule has 0 aromatic heterocycles. The van der Waals surface area contributed by atoms with Crippen molar-refractivity contribution >= 4 is 17.3 Å². The molecule has 1 fully saturated rings. The van der Waals surface area contributed by atoms with Crippen molar-refractivity contribution in [3.63, 3.8) is 0 Å². The molecule has 3 heteroatoms. The number of rotatable bonds is 3. The van der Waals surface area contributed by atoms with E-state index in [1.54, 1.807) is 0 Å². The second-order valence-corrected chi connectivity index (χ2v) is 6.61. The summed E-state index contributed by atoms with van der Waals surface area (Å²) in [5.74, 6) is 0. The van der Waals surface area contributed by atoms with Crippen LogP contribution >= 0.6 is 11.6 Å². The number of anilines is 1. The Kier molecular flexibility index (Phi) is 4.70. The molecule has 1 saturated heterocycles. The minimum Gasteiger partial charge on any atom is -0.369 e. The average molecular weight is 315 g/mol. The highest BCUT2D eigenvalue weighted by Crippen LogP contribution is 2.25. The summed E-state index contributed by atoms with van der Waals surface area (Å²) in [7, 11) is 0. The van der Waals surface area contributed by atoms with Crippen molar-refractivity contribution in [3.8, 4) is 11.1 Å². The summed E-state index contributed by atoms with van der Waals surface area (Å²) in [5.41, 5.74) is 3.77. The normalized spacial score (nSPS) is 16.3. The third kappa shape index (κ3) is 3.45. The maximum atomic E-state index is 5.95. The van der Waals surface area contributed by atoms with Crippen LogP contribution in [0.25, 0.3) is 11.1 Å². The van der Waals surface area contributed by atoms with Gasteiger partial charge in [0.05, 0.1) is 0 Å². The zero-order chi connectivity index (χ0) is 15.5. The molecule has 1 heterocycles. The Morgan fingerprint density at radius 3 is 1.77 bits per heavy atom. The molecule has 3 rings (SSSR count). The maximum absolute atomic E-state index is 5.95. The predicted octanol–water partition coefficient (Wildman–Crippen LogP) is 4.54. The van der Waals surface area contributed by atoms with Crippen molar-refractivity contribution in [2.45, 2.75) is 19.9 Å². The summed E-state index contributed by atoms with van der Waals surface area (Å²) in [6, 6.07) is 17.5. The molecular formula is C19H23ClN2. The first kappa shape index (κ1) is 15.4. The van der Waals surface area contributed by atoms with E-state index in [4.69, 9.17) is 11.6 Å². The van der Waals surface area contributed by atoms with Gasteiger partial charge in [-0.3, -0.25) is 4.90 Å². The molecule has 0 atom stereocenters. The van der Waals surface area contributed by atoms with Crippen LogP contribution in [0, 0.1) is 0 Å². The zero-order valence-corrected chi connectivity index (χ0v) is 14.1. The van der Waals surface area contributed by atoms with E-state index in [-0.39, 0.29) is 0 Å². The Balaban J connectivity index is 1.68. The van der Waals surface area contributed by atoms with Crippen LogP contribution in [0.15, 0.2) is 48.5 Å². The quantitative estimate of drug-likeness (QED) is 0.821. The lowest BCUT2D eigenvalue weighted by Gasteiger charge is -2.38. The number of benzene rings is 2. The van der Waals surface area contributed by atoms with Gasteiger partial charge >= 0.3 is 0 Å². The number of halogens is 1. The monoisotopic (exact) mass is 314 g/mol. The Labute approximate surface area is 138 Å². The molecule has 2 nitrogen and oxygen atoms in total. The molecule has 0 unspecified atom stereocenters. The van der Waals surface area contributed by atoms with Crippen LogP contribution in [0.2, 0.25) is 5.02 Å². The fraction of sp³-hybridized carbons (Fsp3) is 0.368. The molecule has 0 saturated carbocycles. The lowest BCUT2D eigenvalue weighted by Crippen LogP contribution is -2.48. The van der Waals surface area contributed by atoms with Gasteiger partial charge in [0, 0.05) is 42.9 Å². The van der Waals surface area contributed by atoms with E-state index in [9.17, 15) is 0 Å². The second-order valence-electron chi connectivity index (χ2n) is 6.17. The Morgan fingerprint density at radius 2 is 1.27 bits per heavy atom. The first-order chi connectivity index (χ1) is 10.6. The Hall–Kier alpha value is -1.51. The van der Waals surface area contributed by atoms with E-state index in [0.717, 1.165) is 31.2 Å². The molecule has 22 heavy (non-hydrogen) atoms. The van der Waals surface area contributed by atoms with Gasteiger partial charge in [0.15, 0.2) is 0 Å². The molecular weight excluding hydrogens is 292 g/mol. The highest BCUT2D eigenvalue weighted by molar-refractivity contribution is 6.30. The van der Waals surface area contributed by atoms with E-state index < -0.39 is 0 Å². The largest absolute Gasteiger partial charge is 0.369 e. The summed E-state index contributed by atoms with van der Waals surface area (Å²) in [4.78, 5) is 5.02. The molecule has 2 aromatic carbocycles. The first-order valence-electron chi connectivity index (χ1n) is 7.98. The van der Waals surface area contributed by atoms with E-state index in [2.05, 4.69) is 60.0 Å². The van der Waals surface area contributed by atoms with Gasteiger partial charge in [-0.25, -0.2) is 0 Å². The van der Waals surface area contributed by atoms with Crippen LogP contribution in [-0.4, -0.2) is 37.1 Å². The van der Waals surface area contributed by atoms with Gasteiger partial charge in [-0.2, -0.15) is 0 Å². The second kappa shape index (κ2) is 6.72. The van der Waals surface area contributed by atoms with E-state index in [0.29, 0.717) is 6.04 Å². The SMILES string of the molecule is CC(C)N1CCN(c2ccc(-c3ccc(Cl)cc3)cc2)CC1. The minimum atomic E-state index is 0.648. The van der Waals surface area contributed by atoms with Gasteiger partial charge in [-0.1, -0.05) is 35.9 Å². The van der Waals surface area contributed by atoms with E-state index in [1.165, 1.54) is 16.8 Å². The van der Waals surface area contributed by atoms with Crippen LogP contribution in [0.5, 0.6) is 0 Å². The summed E-state index contributed by atoms with van der Waals surface area (Å²) >= 11 is 5.95. The standard InChI is InChI=1S/C19H23ClN2/c1-15(2)21-11-13-22(14-12-21)19-9-5-17(6-10-19)16-3-7-18(20)8-4-16/h3-10,15H,11-14H2,1-2H3. The third-order valence-corrected chi connectivity index (χ3v) is 4.71. The van der Waals surface area contributed by atoms with Crippen LogP contribution in [0.3, 0.4) is 0 Å². The first-order valence-corrected chi connectivity index (χ1v) is 8.36. The molecule has 0 N–H and O–H groups in total. The van der Waals surface area contributed by atoms with Gasteiger partial charge in [0.1, 0.15) is 0 Å². The average Bonchev–Trinajstić information content (AvgIpc) is 2.56. The molecule has 1 aliphatic heterocycles. The summed E-state index contributed by atoms with van der Waals surface area (Å²) in [5, 5.41) is 0.781. The third-order valence-electron chi connectivity index (χ3n) is 4.45. The van der Waals surface area contributed by atoms with E-state index in [1.807, 2.05) is 12.1 Å². The highest BCUT2D eigenvalue weighted by atomic mass is 35.5. The van der Waals surface area contributed by atoms with E-state index >= 15 is 0 Å². The van der Waals surface area contributed by atoms with Crippen LogP contribution in [0.1, 0.15) is 13.8 Å². The highest BCUT2D eigenvalue weighted by Gasteiger charge is 2.18. The summed E-state index contributed by atoms with van der Waals surface area (Å²) in [6.07, 6.45) is 0.